The van der Waals surface area contributed by atoms with E-state index in [0.29, 0.717) is 10.6 Å². The molecule has 1 aromatic carbocycles. The second-order valence-electron chi connectivity index (χ2n) is 4.08. The van der Waals surface area contributed by atoms with Gasteiger partial charge in [-0.15, -0.1) is 11.8 Å². The van der Waals surface area contributed by atoms with Crippen LogP contribution < -0.4 is 5.73 Å². The van der Waals surface area contributed by atoms with Gasteiger partial charge in [0.15, 0.2) is 0 Å². The Balaban J connectivity index is 2.08. The van der Waals surface area contributed by atoms with Crippen LogP contribution in [0.2, 0.25) is 0 Å². The third kappa shape index (κ3) is 3.28. The SMILES string of the molecule is N#Cc1cc(C#N)c(SCCc2ccccc2)nc1N. The van der Waals surface area contributed by atoms with Crippen molar-refractivity contribution in [1.82, 2.24) is 4.98 Å². The van der Waals surface area contributed by atoms with Crippen molar-refractivity contribution in [2.24, 2.45) is 0 Å². The smallest absolute Gasteiger partial charge is 0.142 e. The Labute approximate surface area is 121 Å². The van der Waals surface area contributed by atoms with E-state index in [1.165, 1.54) is 23.4 Å². The minimum atomic E-state index is 0.175. The molecule has 0 bridgehead atoms. The molecule has 0 fully saturated rings. The van der Waals surface area contributed by atoms with Crippen molar-refractivity contribution < 1.29 is 0 Å². The van der Waals surface area contributed by atoms with E-state index < -0.39 is 0 Å². The van der Waals surface area contributed by atoms with Crippen LogP contribution in [-0.4, -0.2) is 10.7 Å². The van der Waals surface area contributed by atoms with Crippen molar-refractivity contribution in [2.75, 3.05) is 11.5 Å². The van der Waals surface area contributed by atoms with E-state index in [1.807, 2.05) is 24.3 Å². The molecule has 0 spiro atoms. The minimum Gasteiger partial charge on any atom is -0.383 e. The molecule has 1 heterocycles. The van der Waals surface area contributed by atoms with Crippen LogP contribution in [0.1, 0.15) is 16.7 Å². The summed E-state index contributed by atoms with van der Waals surface area (Å²) in [6.45, 7) is 0. The van der Waals surface area contributed by atoms with Gasteiger partial charge in [-0.3, -0.25) is 0 Å². The van der Waals surface area contributed by atoms with E-state index in [9.17, 15) is 0 Å². The predicted molar refractivity (Wildman–Crippen MR) is 78.9 cm³/mol. The monoisotopic (exact) mass is 280 g/mol. The molecule has 4 nitrogen and oxygen atoms in total. The first-order chi connectivity index (χ1) is 9.74. The molecule has 5 heteroatoms. The lowest BCUT2D eigenvalue weighted by molar-refractivity contribution is 1.09. The van der Waals surface area contributed by atoms with Crippen LogP contribution in [0.15, 0.2) is 41.4 Å². The molecule has 0 aliphatic carbocycles. The maximum absolute atomic E-state index is 9.09. The summed E-state index contributed by atoms with van der Waals surface area (Å²) in [5, 5.41) is 18.5. The van der Waals surface area contributed by atoms with Gasteiger partial charge in [-0.25, -0.2) is 4.98 Å². The van der Waals surface area contributed by atoms with E-state index in [2.05, 4.69) is 23.2 Å². The highest BCUT2D eigenvalue weighted by Gasteiger charge is 2.10. The summed E-state index contributed by atoms with van der Waals surface area (Å²) in [5.41, 5.74) is 7.56. The summed E-state index contributed by atoms with van der Waals surface area (Å²) in [6.07, 6.45) is 0.887. The number of hydrogen-bond donors (Lipinski definition) is 1. The van der Waals surface area contributed by atoms with Crippen LogP contribution in [0.3, 0.4) is 0 Å². The Morgan fingerprint density at radius 2 is 1.80 bits per heavy atom. The Bertz CT molecular complexity index is 684. The van der Waals surface area contributed by atoms with Crippen LogP contribution in [0.25, 0.3) is 0 Å². The number of aryl methyl sites for hydroxylation is 1. The molecule has 2 rings (SSSR count). The van der Waals surface area contributed by atoms with Crippen molar-refractivity contribution >= 4 is 17.6 Å². The number of aromatic nitrogens is 1. The molecule has 0 aliphatic rings. The van der Waals surface area contributed by atoms with E-state index in [1.54, 1.807) is 0 Å². The number of hydrogen-bond acceptors (Lipinski definition) is 5. The lowest BCUT2D eigenvalue weighted by Crippen LogP contribution is -1.99. The average molecular weight is 280 g/mol. The number of anilines is 1. The van der Waals surface area contributed by atoms with Gasteiger partial charge in [0.1, 0.15) is 23.0 Å². The summed E-state index contributed by atoms with van der Waals surface area (Å²) in [5.74, 6) is 0.977. The highest BCUT2D eigenvalue weighted by Crippen LogP contribution is 2.24. The fourth-order valence-electron chi connectivity index (χ4n) is 1.70. The molecule has 1 aromatic heterocycles. The molecule has 20 heavy (non-hydrogen) atoms. The quantitative estimate of drug-likeness (QED) is 0.870. The first kappa shape index (κ1) is 13.9. The molecule has 0 atom stereocenters. The largest absolute Gasteiger partial charge is 0.383 e. The van der Waals surface area contributed by atoms with Crippen molar-refractivity contribution in [3.05, 3.63) is 53.1 Å². The second kappa shape index (κ2) is 6.60. The molecule has 0 aliphatic heterocycles. The van der Waals surface area contributed by atoms with Gasteiger partial charge in [0.25, 0.3) is 0 Å². The highest BCUT2D eigenvalue weighted by atomic mass is 32.2. The maximum atomic E-state index is 9.09. The number of rotatable bonds is 4. The van der Waals surface area contributed by atoms with Gasteiger partial charge >= 0.3 is 0 Å². The van der Waals surface area contributed by atoms with Gasteiger partial charge < -0.3 is 5.73 Å². The van der Waals surface area contributed by atoms with Gasteiger partial charge in [0.05, 0.1) is 11.1 Å². The summed E-state index contributed by atoms with van der Waals surface area (Å²) >= 11 is 1.48. The van der Waals surface area contributed by atoms with Crippen LogP contribution in [-0.2, 0) is 6.42 Å². The third-order valence-corrected chi connectivity index (χ3v) is 3.72. The molecule has 2 aromatic rings. The summed E-state index contributed by atoms with van der Waals surface area (Å²) in [7, 11) is 0. The number of benzene rings is 1. The van der Waals surface area contributed by atoms with Crippen molar-refractivity contribution in [1.29, 1.82) is 10.5 Å². The minimum absolute atomic E-state index is 0.175. The summed E-state index contributed by atoms with van der Waals surface area (Å²) in [6, 6.07) is 15.6. The third-order valence-electron chi connectivity index (χ3n) is 2.73. The Morgan fingerprint density at radius 1 is 1.10 bits per heavy atom. The maximum Gasteiger partial charge on any atom is 0.142 e. The van der Waals surface area contributed by atoms with Crippen molar-refractivity contribution in [3.8, 4) is 12.1 Å². The average Bonchev–Trinajstić information content (AvgIpc) is 2.48. The summed E-state index contributed by atoms with van der Waals surface area (Å²) < 4.78 is 0. The number of nitrogens with two attached hydrogens (primary N) is 1. The lowest BCUT2D eigenvalue weighted by atomic mass is 10.2. The number of thioether (sulfide) groups is 1. The number of pyridine rings is 1. The van der Waals surface area contributed by atoms with Gasteiger partial charge in [-0.2, -0.15) is 10.5 Å². The molecule has 0 saturated heterocycles. The second-order valence-corrected chi connectivity index (χ2v) is 5.17. The van der Waals surface area contributed by atoms with Gasteiger partial charge in [-0.1, -0.05) is 30.3 Å². The molecule has 2 N–H and O–H groups in total. The normalized spacial score (nSPS) is 9.70. The molecule has 0 unspecified atom stereocenters. The molecule has 0 amide bonds. The topological polar surface area (TPSA) is 86.5 Å². The van der Waals surface area contributed by atoms with Crippen LogP contribution >= 0.6 is 11.8 Å². The van der Waals surface area contributed by atoms with Gasteiger partial charge in [0.2, 0.25) is 0 Å². The van der Waals surface area contributed by atoms with E-state index in [4.69, 9.17) is 16.3 Å². The zero-order valence-corrected chi connectivity index (χ0v) is 11.5. The molecule has 98 valence electrons. The standard InChI is InChI=1S/C15H12N4S/c16-9-12-8-13(10-17)15(19-14(12)18)20-7-6-11-4-2-1-3-5-11/h1-5,8H,6-7H2,(H2,18,19). The first-order valence-electron chi connectivity index (χ1n) is 6.02. The van der Waals surface area contributed by atoms with Crippen LogP contribution in [0, 0.1) is 22.7 Å². The van der Waals surface area contributed by atoms with E-state index >= 15 is 0 Å². The van der Waals surface area contributed by atoms with Crippen LogP contribution in [0.5, 0.6) is 0 Å². The van der Waals surface area contributed by atoms with Crippen molar-refractivity contribution in [3.63, 3.8) is 0 Å². The van der Waals surface area contributed by atoms with Gasteiger partial charge in [0, 0.05) is 5.75 Å². The Morgan fingerprint density at radius 3 is 2.45 bits per heavy atom. The Kier molecular flexibility index (Phi) is 4.60. The van der Waals surface area contributed by atoms with Gasteiger partial charge in [-0.05, 0) is 18.1 Å². The molecular weight excluding hydrogens is 268 g/mol. The van der Waals surface area contributed by atoms with E-state index in [-0.39, 0.29) is 11.4 Å². The number of nitrogen functional groups attached to an aromatic ring is 1. The lowest BCUT2D eigenvalue weighted by Gasteiger charge is -2.05. The zero-order valence-electron chi connectivity index (χ0n) is 10.7. The first-order valence-corrected chi connectivity index (χ1v) is 7.00. The van der Waals surface area contributed by atoms with Crippen molar-refractivity contribution in [2.45, 2.75) is 11.4 Å². The Hall–Kier alpha value is -2.50. The van der Waals surface area contributed by atoms with Crippen LogP contribution in [0.4, 0.5) is 5.82 Å². The molecule has 0 radical (unpaired) electrons. The fourth-order valence-corrected chi connectivity index (χ4v) is 2.65. The zero-order chi connectivity index (χ0) is 14.4. The van der Waals surface area contributed by atoms with E-state index in [0.717, 1.165) is 12.2 Å². The molecular formula is C15H12N4S. The molecule has 0 saturated carbocycles. The highest BCUT2D eigenvalue weighted by molar-refractivity contribution is 7.99. The summed E-state index contributed by atoms with van der Waals surface area (Å²) in [4.78, 5) is 4.14. The number of nitriles is 2. The predicted octanol–water partition coefficient (Wildman–Crippen LogP) is 2.74. The number of nitrogens with zero attached hydrogens (tertiary/aromatic N) is 3. The fraction of sp³-hybridized carbons (Fsp3) is 0.133.